The summed E-state index contributed by atoms with van der Waals surface area (Å²) in [5, 5.41) is 0. The van der Waals surface area contributed by atoms with Crippen molar-refractivity contribution in [2.45, 2.75) is 76.7 Å². The van der Waals surface area contributed by atoms with E-state index in [0.717, 1.165) is 23.6 Å². The summed E-state index contributed by atoms with van der Waals surface area (Å²) in [6.45, 7) is 1.86. The molecule has 1 fully saturated rings. The Kier molecular flexibility index (Phi) is 8.39. The van der Waals surface area contributed by atoms with Gasteiger partial charge < -0.3 is 15.5 Å². The summed E-state index contributed by atoms with van der Waals surface area (Å²) in [6.07, 6.45) is 10.9. The van der Waals surface area contributed by atoms with E-state index in [2.05, 4.69) is 24.0 Å². The number of hydrogen-bond acceptors (Lipinski definition) is 3. The quantitative estimate of drug-likeness (QED) is 0.439. The van der Waals surface area contributed by atoms with Gasteiger partial charge in [-0.25, -0.2) is 0 Å². The van der Waals surface area contributed by atoms with Crippen LogP contribution in [0.1, 0.15) is 74.5 Å². The molecule has 1 aromatic rings. The van der Waals surface area contributed by atoms with Crippen LogP contribution in [-0.4, -0.2) is 21.5 Å². The van der Waals surface area contributed by atoms with Crippen LogP contribution in [0.2, 0.25) is 0 Å². The van der Waals surface area contributed by atoms with Crippen molar-refractivity contribution in [3.8, 4) is 11.8 Å². The van der Waals surface area contributed by atoms with Gasteiger partial charge in [0.25, 0.3) is 0 Å². The SMILES string of the molecule is CC(N)(CCc1ccc(C#CCCC2CCCCC2)s1)CCP(=O)(O)O. The zero-order valence-corrected chi connectivity index (χ0v) is 17.5. The Morgan fingerprint density at radius 2 is 2.00 bits per heavy atom. The van der Waals surface area contributed by atoms with Crippen molar-refractivity contribution >= 4 is 18.9 Å². The molecule has 146 valence electrons. The van der Waals surface area contributed by atoms with E-state index in [9.17, 15) is 4.57 Å². The molecule has 1 saturated carbocycles. The second kappa shape index (κ2) is 10.1. The van der Waals surface area contributed by atoms with E-state index in [0.29, 0.717) is 12.8 Å². The van der Waals surface area contributed by atoms with Gasteiger partial charge in [0.05, 0.1) is 11.0 Å². The van der Waals surface area contributed by atoms with Crippen LogP contribution in [0.15, 0.2) is 12.1 Å². The molecule has 0 bridgehead atoms. The van der Waals surface area contributed by atoms with E-state index in [-0.39, 0.29) is 6.16 Å². The first-order chi connectivity index (χ1) is 12.2. The van der Waals surface area contributed by atoms with Gasteiger partial charge >= 0.3 is 7.60 Å². The molecule has 0 aromatic carbocycles. The maximum absolute atomic E-state index is 11.0. The van der Waals surface area contributed by atoms with Crippen LogP contribution >= 0.6 is 18.9 Å². The zero-order chi connectivity index (χ0) is 19.0. The molecule has 4 N–H and O–H groups in total. The third kappa shape index (κ3) is 8.84. The van der Waals surface area contributed by atoms with Gasteiger partial charge in [0.15, 0.2) is 0 Å². The molecule has 0 aliphatic heterocycles. The van der Waals surface area contributed by atoms with Crippen molar-refractivity contribution in [2.75, 3.05) is 6.16 Å². The predicted molar refractivity (Wildman–Crippen MR) is 109 cm³/mol. The molecule has 0 amide bonds. The first kappa shape index (κ1) is 21.7. The Bertz CT molecular complexity index is 662. The van der Waals surface area contributed by atoms with Gasteiger partial charge in [-0.2, -0.15) is 0 Å². The fraction of sp³-hybridized carbons (Fsp3) is 0.700. The van der Waals surface area contributed by atoms with E-state index in [1.165, 1.54) is 43.4 Å². The number of hydrogen-bond donors (Lipinski definition) is 3. The molecule has 2 rings (SSSR count). The molecule has 1 aliphatic rings. The highest BCUT2D eigenvalue weighted by atomic mass is 32.1. The van der Waals surface area contributed by atoms with Gasteiger partial charge in [-0.15, -0.1) is 11.3 Å². The fourth-order valence-corrected chi connectivity index (χ4v) is 5.10. The molecular formula is C20H32NO3PS. The standard InChI is InChI=1S/C20H32NO3PS/c1-20(21,15-16-25(22,23)24)14-13-19-12-11-18(26-19)10-6-5-9-17-7-3-2-4-8-17/h11-12,17H,2-5,7-9,13-16,21H2,1H3,(H2,22,23,24). The smallest absolute Gasteiger partial charge is 0.325 e. The van der Waals surface area contributed by atoms with Gasteiger partial charge in [0, 0.05) is 16.8 Å². The Hall–Kier alpha value is -0.630. The van der Waals surface area contributed by atoms with Crippen LogP contribution in [0.4, 0.5) is 0 Å². The lowest BCUT2D eigenvalue weighted by Crippen LogP contribution is -2.37. The highest BCUT2D eigenvalue weighted by Crippen LogP contribution is 2.37. The Morgan fingerprint density at radius 3 is 2.69 bits per heavy atom. The number of aryl methyl sites for hydroxylation is 1. The molecular weight excluding hydrogens is 365 g/mol. The first-order valence-corrected chi connectivity index (χ1v) is 12.3. The van der Waals surface area contributed by atoms with Gasteiger partial charge in [-0.3, -0.25) is 4.57 Å². The molecule has 4 nitrogen and oxygen atoms in total. The van der Waals surface area contributed by atoms with E-state index < -0.39 is 13.1 Å². The Balaban J connectivity index is 1.73. The second-order valence-corrected chi connectivity index (χ2v) is 10.8. The van der Waals surface area contributed by atoms with Gasteiger partial charge in [0.1, 0.15) is 0 Å². The topological polar surface area (TPSA) is 83.6 Å². The lowest BCUT2D eigenvalue weighted by Gasteiger charge is -2.24. The van der Waals surface area contributed by atoms with Crippen molar-refractivity contribution in [3.05, 3.63) is 21.9 Å². The minimum absolute atomic E-state index is 0.151. The van der Waals surface area contributed by atoms with Crippen LogP contribution in [0, 0.1) is 17.8 Å². The van der Waals surface area contributed by atoms with Crippen LogP contribution in [0.5, 0.6) is 0 Å². The summed E-state index contributed by atoms with van der Waals surface area (Å²) in [5.74, 6) is 7.48. The summed E-state index contributed by atoms with van der Waals surface area (Å²) in [5.41, 5.74) is 5.62. The molecule has 6 heteroatoms. The second-order valence-electron chi connectivity index (χ2n) is 7.90. The maximum Gasteiger partial charge on any atom is 0.325 e. The molecule has 0 radical (unpaired) electrons. The summed E-state index contributed by atoms with van der Waals surface area (Å²) < 4.78 is 11.0. The van der Waals surface area contributed by atoms with E-state index in [1.807, 2.05) is 6.92 Å². The summed E-state index contributed by atoms with van der Waals surface area (Å²) >= 11 is 1.70. The minimum atomic E-state index is -3.98. The minimum Gasteiger partial charge on any atom is -0.325 e. The van der Waals surface area contributed by atoms with Crippen LogP contribution in [-0.2, 0) is 11.0 Å². The lowest BCUT2D eigenvalue weighted by atomic mass is 9.86. The fourth-order valence-electron chi connectivity index (χ4n) is 3.42. The van der Waals surface area contributed by atoms with Gasteiger partial charge in [0.2, 0.25) is 0 Å². The molecule has 1 aliphatic carbocycles. The van der Waals surface area contributed by atoms with E-state index in [1.54, 1.807) is 11.3 Å². The highest BCUT2D eigenvalue weighted by molar-refractivity contribution is 7.51. The van der Waals surface area contributed by atoms with Crippen LogP contribution < -0.4 is 5.73 Å². The van der Waals surface area contributed by atoms with Crippen molar-refractivity contribution in [2.24, 2.45) is 11.7 Å². The van der Waals surface area contributed by atoms with Gasteiger partial charge in [-0.05, 0) is 50.7 Å². The molecule has 26 heavy (non-hydrogen) atoms. The van der Waals surface area contributed by atoms with Crippen LogP contribution in [0.25, 0.3) is 0 Å². The largest absolute Gasteiger partial charge is 0.325 e. The zero-order valence-electron chi connectivity index (χ0n) is 15.7. The number of thiophene rings is 1. The molecule has 0 saturated heterocycles. The summed E-state index contributed by atoms with van der Waals surface area (Å²) in [7, 11) is -3.98. The van der Waals surface area contributed by atoms with Crippen molar-refractivity contribution in [1.82, 2.24) is 0 Å². The summed E-state index contributed by atoms with van der Waals surface area (Å²) in [4.78, 5) is 20.3. The molecule has 1 aromatic heterocycles. The Labute approximate surface area is 161 Å². The number of rotatable bonds is 8. The maximum atomic E-state index is 11.0. The molecule has 1 atom stereocenters. The third-order valence-corrected chi connectivity index (χ3v) is 7.06. The van der Waals surface area contributed by atoms with Crippen LogP contribution in [0.3, 0.4) is 0 Å². The van der Waals surface area contributed by atoms with E-state index >= 15 is 0 Å². The monoisotopic (exact) mass is 397 g/mol. The molecule has 1 unspecified atom stereocenters. The van der Waals surface area contributed by atoms with Gasteiger partial charge in [-0.1, -0.05) is 43.9 Å². The summed E-state index contributed by atoms with van der Waals surface area (Å²) in [6, 6.07) is 4.16. The average molecular weight is 398 g/mol. The highest BCUT2D eigenvalue weighted by Gasteiger charge is 2.23. The molecule has 1 heterocycles. The normalized spacial score (nSPS) is 18.2. The molecule has 0 spiro atoms. The first-order valence-electron chi connectivity index (χ1n) is 9.65. The Morgan fingerprint density at radius 1 is 1.27 bits per heavy atom. The number of nitrogens with two attached hydrogens (primary N) is 1. The third-order valence-electron chi connectivity index (χ3n) is 5.19. The predicted octanol–water partition coefficient (Wildman–Crippen LogP) is 4.68. The lowest BCUT2D eigenvalue weighted by molar-refractivity contribution is 0.342. The van der Waals surface area contributed by atoms with E-state index in [4.69, 9.17) is 15.5 Å². The van der Waals surface area contributed by atoms with Crippen molar-refractivity contribution in [3.63, 3.8) is 0 Å². The van der Waals surface area contributed by atoms with Crippen molar-refractivity contribution in [1.29, 1.82) is 0 Å². The van der Waals surface area contributed by atoms with Crippen molar-refractivity contribution < 1.29 is 14.4 Å². The average Bonchev–Trinajstić information content (AvgIpc) is 3.04.